The molecule has 6 nitrogen and oxygen atoms in total. The summed E-state index contributed by atoms with van der Waals surface area (Å²) in [5, 5.41) is 20.2. The Morgan fingerprint density at radius 3 is 2.59 bits per heavy atom. The zero-order chi connectivity index (χ0) is 16.3. The molecule has 1 aromatic carbocycles. The number of hydrogen-bond acceptors (Lipinski definition) is 5. The molecule has 1 heterocycles. The van der Waals surface area contributed by atoms with Gasteiger partial charge in [-0.25, -0.2) is 0 Å². The first-order chi connectivity index (χ1) is 10.4. The molecule has 0 saturated carbocycles. The predicted octanol–water partition coefficient (Wildman–Crippen LogP) is 2.97. The summed E-state index contributed by atoms with van der Waals surface area (Å²) in [7, 11) is 0. The lowest BCUT2D eigenvalue weighted by Gasteiger charge is -2.10. The van der Waals surface area contributed by atoms with Crippen molar-refractivity contribution in [1.82, 2.24) is 15.5 Å². The van der Waals surface area contributed by atoms with E-state index in [-0.39, 0.29) is 35.1 Å². The highest BCUT2D eigenvalue weighted by Gasteiger charge is 2.17. The summed E-state index contributed by atoms with van der Waals surface area (Å²) in [6.45, 7) is 5.68. The Balaban J connectivity index is 1.96. The minimum Gasteiger partial charge on any atom is -0.506 e. The lowest BCUT2D eigenvalue weighted by molar-refractivity contribution is -0.121. The summed E-state index contributed by atoms with van der Waals surface area (Å²) in [5.74, 6) is 0.857. The molecule has 0 aliphatic carbocycles. The number of phenolic OH excluding ortho intramolecular Hbond substituents is 1. The smallest absolute Gasteiger partial charge is 0.238 e. The minimum absolute atomic E-state index is 0.00809. The molecular formula is C15H18ClN3O3. The topological polar surface area (TPSA) is 88.2 Å². The fraction of sp³-hybridized carbons (Fsp3) is 0.400. The van der Waals surface area contributed by atoms with E-state index in [1.54, 1.807) is 19.1 Å². The van der Waals surface area contributed by atoms with Crippen molar-refractivity contribution in [2.45, 2.75) is 39.2 Å². The molecule has 0 bridgehead atoms. The molecule has 0 saturated heterocycles. The first-order valence-electron chi connectivity index (χ1n) is 6.97. The Morgan fingerprint density at radius 2 is 2.00 bits per heavy atom. The fourth-order valence-electron chi connectivity index (χ4n) is 1.85. The molecule has 2 aromatic rings. The molecular weight excluding hydrogens is 306 g/mol. The van der Waals surface area contributed by atoms with Crippen LogP contribution in [0.3, 0.4) is 0 Å². The van der Waals surface area contributed by atoms with Crippen molar-refractivity contribution >= 4 is 17.5 Å². The van der Waals surface area contributed by atoms with Gasteiger partial charge in [0.1, 0.15) is 11.8 Å². The van der Waals surface area contributed by atoms with Crippen LogP contribution in [-0.4, -0.2) is 21.2 Å². The maximum Gasteiger partial charge on any atom is 0.238 e. The van der Waals surface area contributed by atoms with E-state index in [9.17, 15) is 9.90 Å². The Morgan fingerprint density at radius 1 is 1.32 bits per heavy atom. The number of hydrogen-bond donors (Lipinski definition) is 2. The summed E-state index contributed by atoms with van der Waals surface area (Å²) < 4.78 is 5.50. The third-order valence-electron chi connectivity index (χ3n) is 3.07. The van der Waals surface area contributed by atoms with Crippen molar-refractivity contribution in [2.75, 3.05) is 0 Å². The fourth-order valence-corrected chi connectivity index (χ4v) is 2.06. The van der Waals surface area contributed by atoms with Gasteiger partial charge in [0, 0.05) is 5.92 Å². The van der Waals surface area contributed by atoms with E-state index in [0.29, 0.717) is 17.3 Å². The molecule has 1 atom stereocenters. The van der Waals surface area contributed by atoms with E-state index >= 15 is 0 Å². The van der Waals surface area contributed by atoms with Gasteiger partial charge in [-0.05, 0) is 24.6 Å². The summed E-state index contributed by atoms with van der Waals surface area (Å²) in [5.41, 5.74) is 0.709. The van der Waals surface area contributed by atoms with Crippen molar-refractivity contribution in [3.8, 4) is 5.75 Å². The largest absolute Gasteiger partial charge is 0.506 e. The second kappa shape index (κ2) is 6.79. The van der Waals surface area contributed by atoms with Crippen LogP contribution in [0.15, 0.2) is 22.6 Å². The first-order valence-corrected chi connectivity index (χ1v) is 7.34. The number of aromatic hydroxyl groups is 1. The average molecular weight is 324 g/mol. The zero-order valence-electron chi connectivity index (χ0n) is 12.6. The van der Waals surface area contributed by atoms with Gasteiger partial charge in [0.15, 0.2) is 0 Å². The summed E-state index contributed by atoms with van der Waals surface area (Å²) in [6, 6.07) is 4.29. The Labute approximate surface area is 133 Å². The first kappa shape index (κ1) is 16.3. The molecule has 7 heteroatoms. The van der Waals surface area contributed by atoms with Crippen LogP contribution in [0.5, 0.6) is 5.75 Å². The number of carbonyl (C=O) groups excluding carboxylic acids is 1. The highest BCUT2D eigenvalue weighted by atomic mass is 35.5. The highest BCUT2D eigenvalue weighted by Crippen LogP contribution is 2.24. The number of carbonyl (C=O) groups is 1. The van der Waals surface area contributed by atoms with Crippen LogP contribution in [0.2, 0.25) is 5.02 Å². The van der Waals surface area contributed by atoms with Gasteiger partial charge in [0.25, 0.3) is 0 Å². The van der Waals surface area contributed by atoms with Crippen LogP contribution in [0.1, 0.15) is 50.1 Å². The number of amides is 1. The van der Waals surface area contributed by atoms with Crippen molar-refractivity contribution in [3.05, 3.63) is 40.6 Å². The average Bonchev–Trinajstić information content (AvgIpc) is 2.93. The molecule has 0 aliphatic rings. The van der Waals surface area contributed by atoms with Crippen LogP contribution in [0.4, 0.5) is 0 Å². The number of halogens is 1. The van der Waals surface area contributed by atoms with Crippen LogP contribution in [0, 0.1) is 0 Å². The molecule has 118 valence electrons. The van der Waals surface area contributed by atoms with Gasteiger partial charge in [-0.3, -0.25) is 4.79 Å². The summed E-state index contributed by atoms with van der Waals surface area (Å²) in [6.07, 6.45) is 0.148. The van der Waals surface area contributed by atoms with E-state index in [1.165, 1.54) is 6.07 Å². The summed E-state index contributed by atoms with van der Waals surface area (Å²) >= 11 is 5.82. The molecule has 1 aromatic heterocycles. The molecule has 0 unspecified atom stereocenters. The maximum atomic E-state index is 12.0. The van der Waals surface area contributed by atoms with Crippen LogP contribution >= 0.6 is 11.6 Å². The molecule has 2 rings (SSSR count). The SMILES string of the molecule is CC(C)c1nnc([C@H](C)NC(=O)Cc2ccc(O)c(Cl)c2)o1. The quantitative estimate of drug-likeness (QED) is 0.883. The molecule has 1 amide bonds. The van der Waals surface area contributed by atoms with E-state index in [1.807, 2.05) is 13.8 Å². The van der Waals surface area contributed by atoms with E-state index < -0.39 is 0 Å². The second-order valence-corrected chi connectivity index (χ2v) is 5.79. The number of rotatable bonds is 5. The van der Waals surface area contributed by atoms with E-state index in [2.05, 4.69) is 15.5 Å². The number of nitrogens with one attached hydrogen (secondary N) is 1. The van der Waals surface area contributed by atoms with Crippen molar-refractivity contribution in [1.29, 1.82) is 0 Å². The lowest BCUT2D eigenvalue weighted by Crippen LogP contribution is -2.28. The number of aromatic nitrogens is 2. The number of phenols is 1. The van der Waals surface area contributed by atoms with E-state index in [0.717, 1.165) is 0 Å². The van der Waals surface area contributed by atoms with Crippen LogP contribution in [-0.2, 0) is 11.2 Å². The molecule has 0 spiro atoms. The van der Waals surface area contributed by atoms with Crippen LogP contribution < -0.4 is 5.32 Å². The second-order valence-electron chi connectivity index (χ2n) is 5.38. The predicted molar refractivity (Wildman–Crippen MR) is 81.8 cm³/mol. The van der Waals surface area contributed by atoms with Crippen LogP contribution in [0.25, 0.3) is 0 Å². The zero-order valence-corrected chi connectivity index (χ0v) is 13.4. The van der Waals surface area contributed by atoms with Crippen molar-refractivity contribution in [2.24, 2.45) is 0 Å². The Kier molecular flexibility index (Phi) is 5.03. The molecule has 2 N–H and O–H groups in total. The van der Waals surface area contributed by atoms with Gasteiger partial charge in [0.05, 0.1) is 11.4 Å². The third kappa shape index (κ3) is 3.98. The minimum atomic E-state index is -0.375. The monoisotopic (exact) mass is 323 g/mol. The van der Waals surface area contributed by atoms with Crippen molar-refractivity contribution < 1.29 is 14.3 Å². The van der Waals surface area contributed by atoms with Gasteiger partial charge in [0.2, 0.25) is 17.7 Å². The molecule has 0 fully saturated rings. The molecule has 22 heavy (non-hydrogen) atoms. The Hall–Kier alpha value is -2.08. The molecule has 0 radical (unpaired) electrons. The third-order valence-corrected chi connectivity index (χ3v) is 3.38. The normalized spacial score (nSPS) is 12.4. The van der Waals surface area contributed by atoms with Gasteiger partial charge in [-0.1, -0.05) is 31.5 Å². The summed E-state index contributed by atoms with van der Waals surface area (Å²) in [4.78, 5) is 12.0. The van der Waals surface area contributed by atoms with Gasteiger partial charge in [-0.2, -0.15) is 0 Å². The lowest BCUT2D eigenvalue weighted by atomic mass is 10.1. The van der Waals surface area contributed by atoms with E-state index in [4.69, 9.17) is 16.0 Å². The highest BCUT2D eigenvalue weighted by molar-refractivity contribution is 6.32. The standard InChI is InChI=1S/C15H18ClN3O3/c1-8(2)14-18-19-15(22-14)9(3)17-13(21)7-10-4-5-12(20)11(16)6-10/h4-6,8-9,20H,7H2,1-3H3,(H,17,21)/t9-/m0/s1. The maximum absolute atomic E-state index is 12.0. The molecule has 0 aliphatic heterocycles. The number of nitrogens with zero attached hydrogens (tertiary/aromatic N) is 2. The number of benzene rings is 1. The van der Waals surface area contributed by atoms with Gasteiger partial charge < -0.3 is 14.8 Å². The van der Waals surface area contributed by atoms with Gasteiger partial charge in [-0.15, -0.1) is 10.2 Å². The Bertz CT molecular complexity index is 670. The van der Waals surface area contributed by atoms with Crippen molar-refractivity contribution in [3.63, 3.8) is 0 Å². The van der Waals surface area contributed by atoms with Gasteiger partial charge >= 0.3 is 0 Å².